The van der Waals surface area contributed by atoms with Crippen molar-refractivity contribution in [2.75, 3.05) is 11.9 Å². The quantitative estimate of drug-likeness (QED) is 0.605. The molecule has 1 amide bonds. The summed E-state index contributed by atoms with van der Waals surface area (Å²) < 4.78 is 0. The first kappa shape index (κ1) is 12.0. The lowest BCUT2D eigenvalue weighted by molar-refractivity contribution is -0.134. The van der Waals surface area contributed by atoms with Gasteiger partial charge in [-0.25, -0.2) is 0 Å². The van der Waals surface area contributed by atoms with Crippen LogP contribution in [0.15, 0.2) is 30.3 Å². The third-order valence-corrected chi connectivity index (χ3v) is 1.22. The van der Waals surface area contributed by atoms with Gasteiger partial charge in [-0.05, 0) is 12.1 Å². The van der Waals surface area contributed by atoms with E-state index in [0.29, 0.717) is 0 Å². The number of primary amides is 1. The van der Waals surface area contributed by atoms with Crippen LogP contribution in [0.3, 0.4) is 0 Å². The lowest BCUT2D eigenvalue weighted by atomic mass is 10.3. The molecular weight excluding hydrogens is 184 g/mol. The standard InChI is InChI=1S/C8H9NO2.CH3NO/c10-8(11)6-9-7-4-2-1-3-5-7;2-1-3/h1-5,9H,6H2,(H,10,11);1H,(H2,2,3). The number of carboxylic acids is 1. The number of aliphatic carboxylic acids is 1. The first-order valence-corrected chi connectivity index (χ1v) is 3.86. The van der Waals surface area contributed by atoms with Gasteiger partial charge in [-0.1, -0.05) is 18.2 Å². The summed E-state index contributed by atoms with van der Waals surface area (Å²) in [5.41, 5.74) is 5.00. The molecule has 0 atom stereocenters. The number of rotatable bonds is 3. The highest BCUT2D eigenvalue weighted by atomic mass is 16.4. The van der Waals surface area contributed by atoms with E-state index in [-0.39, 0.29) is 13.0 Å². The molecule has 0 aromatic heterocycles. The van der Waals surface area contributed by atoms with Gasteiger partial charge in [0.25, 0.3) is 0 Å². The van der Waals surface area contributed by atoms with Crippen molar-refractivity contribution in [3.8, 4) is 0 Å². The van der Waals surface area contributed by atoms with E-state index >= 15 is 0 Å². The maximum Gasteiger partial charge on any atom is 0.322 e. The molecule has 5 nitrogen and oxygen atoms in total. The van der Waals surface area contributed by atoms with Crippen LogP contribution in [-0.2, 0) is 9.59 Å². The largest absolute Gasteiger partial charge is 0.480 e. The van der Waals surface area contributed by atoms with Gasteiger partial charge < -0.3 is 16.2 Å². The predicted molar refractivity (Wildman–Crippen MR) is 52.8 cm³/mol. The Morgan fingerprint density at radius 1 is 1.43 bits per heavy atom. The van der Waals surface area contributed by atoms with E-state index in [1.807, 2.05) is 30.3 Å². The van der Waals surface area contributed by atoms with E-state index in [9.17, 15) is 4.79 Å². The molecule has 0 aliphatic carbocycles. The van der Waals surface area contributed by atoms with Crippen molar-refractivity contribution in [2.45, 2.75) is 0 Å². The molecule has 4 N–H and O–H groups in total. The van der Waals surface area contributed by atoms with Crippen LogP contribution < -0.4 is 11.1 Å². The van der Waals surface area contributed by atoms with Gasteiger partial charge in [-0.3, -0.25) is 9.59 Å². The second-order valence-electron chi connectivity index (χ2n) is 2.25. The summed E-state index contributed by atoms with van der Waals surface area (Å²) in [6.45, 7) is -0.0377. The number of anilines is 1. The molecule has 0 saturated heterocycles. The van der Waals surface area contributed by atoms with Gasteiger partial charge in [-0.15, -0.1) is 0 Å². The minimum atomic E-state index is -0.853. The molecular formula is C9H12N2O3. The van der Waals surface area contributed by atoms with E-state index in [1.54, 1.807) is 0 Å². The predicted octanol–water partition coefficient (Wildman–Crippen LogP) is 0.285. The molecule has 76 valence electrons. The highest BCUT2D eigenvalue weighted by Gasteiger charge is 1.93. The molecule has 0 saturated carbocycles. The van der Waals surface area contributed by atoms with Gasteiger partial charge in [0.2, 0.25) is 6.41 Å². The fourth-order valence-electron chi connectivity index (χ4n) is 0.734. The smallest absolute Gasteiger partial charge is 0.322 e. The summed E-state index contributed by atoms with van der Waals surface area (Å²) in [6, 6.07) is 9.23. The van der Waals surface area contributed by atoms with Crippen molar-refractivity contribution in [1.82, 2.24) is 0 Å². The van der Waals surface area contributed by atoms with Crippen molar-refractivity contribution in [3.63, 3.8) is 0 Å². The van der Waals surface area contributed by atoms with Crippen LogP contribution in [0.4, 0.5) is 5.69 Å². The zero-order chi connectivity index (χ0) is 10.8. The van der Waals surface area contributed by atoms with Crippen LogP contribution in [0.1, 0.15) is 0 Å². The number of para-hydroxylation sites is 1. The average molecular weight is 196 g/mol. The first-order chi connectivity index (χ1) is 6.70. The lowest BCUT2D eigenvalue weighted by Crippen LogP contribution is -2.11. The second kappa shape index (κ2) is 7.60. The van der Waals surface area contributed by atoms with E-state index in [1.165, 1.54) is 0 Å². The topological polar surface area (TPSA) is 92.4 Å². The van der Waals surface area contributed by atoms with E-state index in [4.69, 9.17) is 9.90 Å². The van der Waals surface area contributed by atoms with Crippen molar-refractivity contribution in [1.29, 1.82) is 0 Å². The second-order valence-corrected chi connectivity index (χ2v) is 2.25. The van der Waals surface area contributed by atoms with Crippen molar-refractivity contribution < 1.29 is 14.7 Å². The van der Waals surface area contributed by atoms with Crippen LogP contribution in [0.5, 0.6) is 0 Å². The maximum atomic E-state index is 10.1. The Morgan fingerprint density at radius 3 is 2.36 bits per heavy atom. The molecule has 0 spiro atoms. The number of carboxylic acid groups (broad SMARTS) is 1. The van der Waals surface area contributed by atoms with E-state index < -0.39 is 5.97 Å². The third-order valence-electron chi connectivity index (χ3n) is 1.22. The van der Waals surface area contributed by atoms with Gasteiger partial charge in [0.05, 0.1) is 0 Å². The molecule has 0 aliphatic heterocycles. The third kappa shape index (κ3) is 6.66. The molecule has 0 heterocycles. The number of nitrogens with two attached hydrogens (primary N) is 1. The van der Waals surface area contributed by atoms with Gasteiger partial charge in [0.15, 0.2) is 0 Å². The Balaban J connectivity index is 0.000000500. The van der Waals surface area contributed by atoms with Crippen LogP contribution in [0.2, 0.25) is 0 Å². The number of hydrogen-bond donors (Lipinski definition) is 3. The minimum Gasteiger partial charge on any atom is -0.480 e. The Kier molecular flexibility index (Phi) is 6.49. The molecule has 0 radical (unpaired) electrons. The molecule has 14 heavy (non-hydrogen) atoms. The summed E-state index contributed by atoms with van der Waals surface area (Å²) in [5, 5.41) is 11.1. The molecule has 1 rings (SSSR count). The van der Waals surface area contributed by atoms with Crippen LogP contribution in [0, 0.1) is 0 Å². The fourth-order valence-corrected chi connectivity index (χ4v) is 0.734. The van der Waals surface area contributed by atoms with Gasteiger partial charge in [-0.2, -0.15) is 0 Å². The van der Waals surface area contributed by atoms with E-state index in [0.717, 1.165) is 5.69 Å². The number of benzene rings is 1. The summed E-state index contributed by atoms with van der Waals surface area (Å²) in [4.78, 5) is 18.7. The minimum absolute atomic E-state index is 0.0377. The van der Waals surface area contributed by atoms with Crippen molar-refractivity contribution in [3.05, 3.63) is 30.3 Å². The molecule has 0 fully saturated rings. The number of nitrogens with one attached hydrogen (secondary N) is 1. The lowest BCUT2D eigenvalue weighted by Gasteiger charge is -2.00. The molecule has 0 aliphatic rings. The van der Waals surface area contributed by atoms with Gasteiger partial charge >= 0.3 is 5.97 Å². The Bertz CT molecular complexity index is 275. The average Bonchev–Trinajstić information content (AvgIpc) is 2.18. The van der Waals surface area contributed by atoms with Crippen LogP contribution >= 0.6 is 0 Å². The highest BCUT2D eigenvalue weighted by molar-refractivity contribution is 5.72. The maximum absolute atomic E-state index is 10.1. The monoisotopic (exact) mass is 196 g/mol. The van der Waals surface area contributed by atoms with Crippen molar-refractivity contribution >= 4 is 18.1 Å². The summed E-state index contributed by atoms with van der Waals surface area (Å²) in [6.07, 6.45) is 0.250. The molecule has 0 unspecified atom stereocenters. The first-order valence-electron chi connectivity index (χ1n) is 3.86. The molecule has 1 aromatic rings. The summed E-state index contributed by atoms with van der Waals surface area (Å²) >= 11 is 0. The molecule has 5 heteroatoms. The van der Waals surface area contributed by atoms with Crippen LogP contribution in [-0.4, -0.2) is 24.0 Å². The van der Waals surface area contributed by atoms with Gasteiger partial charge in [0.1, 0.15) is 6.54 Å². The Morgan fingerprint density at radius 2 is 1.93 bits per heavy atom. The number of carbonyl (C=O) groups excluding carboxylic acids is 1. The number of amides is 1. The Hall–Kier alpha value is -2.04. The number of hydrogen-bond acceptors (Lipinski definition) is 3. The normalized spacial score (nSPS) is 8.00. The molecule has 0 bridgehead atoms. The van der Waals surface area contributed by atoms with Crippen LogP contribution in [0.25, 0.3) is 0 Å². The van der Waals surface area contributed by atoms with Gasteiger partial charge in [0, 0.05) is 5.69 Å². The zero-order valence-corrected chi connectivity index (χ0v) is 7.51. The zero-order valence-electron chi connectivity index (χ0n) is 7.51. The Labute approximate surface area is 81.5 Å². The highest BCUT2D eigenvalue weighted by Crippen LogP contribution is 2.03. The van der Waals surface area contributed by atoms with E-state index in [2.05, 4.69) is 11.1 Å². The SMILES string of the molecule is NC=O.O=C(O)CNc1ccccc1. The summed E-state index contributed by atoms with van der Waals surface area (Å²) in [5.74, 6) is -0.853. The van der Waals surface area contributed by atoms with Crippen molar-refractivity contribution in [2.24, 2.45) is 5.73 Å². The summed E-state index contributed by atoms with van der Waals surface area (Å²) in [7, 11) is 0. The fraction of sp³-hybridized carbons (Fsp3) is 0.111. The number of carbonyl (C=O) groups is 2. The molecule has 1 aromatic carbocycles.